The van der Waals surface area contributed by atoms with Crippen LogP contribution in [0.3, 0.4) is 0 Å². The molecule has 2 aromatic rings. The molecular weight excluding hydrogens is 354 g/mol. The van der Waals surface area contributed by atoms with Crippen LogP contribution >= 0.6 is 0 Å². The lowest BCUT2D eigenvalue weighted by atomic mass is 9.97. The maximum absolute atomic E-state index is 12.5. The Morgan fingerprint density at radius 2 is 1.75 bits per heavy atom. The molecule has 1 unspecified atom stereocenters. The number of hydrogen-bond donors (Lipinski definition) is 1. The summed E-state index contributed by atoms with van der Waals surface area (Å²) in [5.41, 5.74) is 4.26. The molecule has 0 aliphatic heterocycles. The number of carbonyl (C=O) groups is 1. The van der Waals surface area contributed by atoms with E-state index >= 15 is 0 Å². The first-order valence-electron chi connectivity index (χ1n) is 9.29. The zero-order chi connectivity index (χ0) is 20.7. The molecular formula is C23H29NO4. The lowest BCUT2D eigenvalue weighted by Gasteiger charge is -2.19. The van der Waals surface area contributed by atoms with E-state index in [9.17, 15) is 4.79 Å². The Kier molecular flexibility index (Phi) is 7.50. The van der Waals surface area contributed by atoms with Gasteiger partial charge in [-0.05, 0) is 49.6 Å². The van der Waals surface area contributed by atoms with Crippen molar-refractivity contribution < 1.29 is 19.0 Å². The summed E-state index contributed by atoms with van der Waals surface area (Å²) >= 11 is 0. The molecule has 0 aliphatic carbocycles. The van der Waals surface area contributed by atoms with Crippen LogP contribution in [0.25, 0.3) is 6.08 Å². The van der Waals surface area contributed by atoms with E-state index in [-0.39, 0.29) is 11.9 Å². The van der Waals surface area contributed by atoms with Gasteiger partial charge in [0.2, 0.25) is 11.7 Å². The maximum Gasteiger partial charge on any atom is 0.244 e. The molecule has 150 valence electrons. The third-order valence-corrected chi connectivity index (χ3v) is 4.67. The summed E-state index contributed by atoms with van der Waals surface area (Å²) in [5, 5.41) is 3.08. The standard InChI is InChI=1S/C23H29NO4/c1-7-19(18-11-8-15(2)14-16(18)3)24-21(25)13-10-17-9-12-20(26-4)23(28-6)22(17)27-5/h8-14,19H,7H2,1-6H3,(H,24,25)/b13-10+. The molecule has 2 aromatic carbocycles. The highest BCUT2D eigenvalue weighted by molar-refractivity contribution is 5.92. The molecule has 0 radical (unpaired) electrons. The van der Waals surface area contributed by atoms with Gasteiger partial charge in [-0.1, -0.05) is 30.7 Å². The second kappa shape index (κ2) is 9.83. The number of benzene rings is 2. The number of ether oxygens (including phenoxy) is 3. The summed E-state index contributed by atoms with van der Waals surface area (Å²) in [6.07, 6.45) is 4.03. The van der Waals surface area contributed by atoms with Crippen LogP contribution in [0.15, 0.2) is 36.4 Å². The van der Waals surface area contributed by atoms with Gasteiger partial charge in [-0.2, -0.15) is 0 Å². The van der Waals surface area contributed by atoms with Crippen molar-refractivity contribution in [2.24, 2.45) is 0 Å². The third kappa shape index (κ3) is 4.85. The smallest absolute Gasteiger partial charge is 0.244 e. The molecule has 0 saturated carbocycles. The zero-order valence-corrected chi connectivity index (χ0v) is 17.5. The van der Waals surface area contributed by atoms with E-state index in [1.165, 1.54) is 17.2 Å². The fourth-order valence-electron chi connectivity index (χ4n) is 3.26. The minimum absolute atomic E-state index is 0.0370. The van der Waals surface area contributed by atoms with Gasteiger partial charge in [0.25, 0.3) is 0 Å². The van der Waals surface area contributed by atoms with Crippen LogP contribution in [0.5, 0.6) is 17.2 Å². The van der Waals surface area contributed by atoms with Gasteiger partial charge in [-0.15, -0.1) is 0 Å². The van der Waals surface area contributed by atoms with Gasteiger partial charge in [0.15, 0.2) is 11.5 Å². The van der Waals surface area contributed by atoms with Gasteiger partial charge < -0.3 is 19.5 Å². The van der Waals surface area contributed by atoms with Gasteiger partial charge >= 0.3 is 0 Å². The minimum atomic E-state index is -0.163. The zero-order valence-electron chi connectivity index (χ0n) is 17.5. The Bertz CT molecular complexity index is 858. The molecule has 5 heteroatoms. The monoisotopic (exact) mass is 383 g/mol. The summed E-state index contributed by atoms with van der Waals surface area (Å²) in [7, 11) is 4.68. The van der Waals surface area contributed by atoms with E-state index in [2.05, 4.69) is 44.3 Å². The number of nitrogens with one attached hydrogen (secondary N) is 1. The molecule has 28 heavy (non-hydrogen) atoms. The summed E-state index contributed by atoms with van der Waals surface area (Å²) in [4.78, 5) is 12.5. The highest BCUT2D eigenvalue weighted by Crippen LogP contribution is 2.40. The Morgan fingerprint density at radius 3 is 2.32 bits per heavy atom. The molecule has 0 saturated heterocycles. The molecule has 0 aliphatic rings. The first-order chi connectivity index (χ1) is 13.4. The molecule has 0 bridgehead atoms. The molecule has 1 amide bonds. The minimum Gasteiger partial charge on any atom is -0.493 e. The molecule has 2 rings (SSSR count). The van der Waals surface area contributed by atoms with Crippen molar-refractivity contribution in [1.29, 1.82) is 0 Å². The van der Waals surface area contributed by atoms with Crippen LogP contribution in [0.2, 0.25) is 0 Å². The third-order valence-electron chi connectivity index (χ3n) is 4.67. The Balaban J connectivity index is 2.21. The average molecular weight is 383 g/mol. The molecule has 1 N–H and O–H groups in total. The number of aryl methyl sites for hydroxylation is 2. The van der Waals surface area contributed by atoms with Crippen molar-refractivity contribution in [2.45, 2.75) is 33.2 Å². The van der Waals surface area contributed by atoms with E-state index in [1.54, 1.807) is 33.5 Å². The van der Waals surface area contributed by atoms with Crippen LogP contribution in [-0.4, -0.2) is 27.2 Å². The fourth-order valence-corrected chi connectivity index (χ4v) is 3.26. The van der Waals surface area contributed by atoms with Crippen molar-refractivity contribution in [2.75, 3.05) is 21.3 Å². The molecule has 5 nitrogen and oxygen atoms in total. The second-order valence-electron chi connectivity index (χ2n) is 6.59. The van der Waals surface area contributed by atoms with Crippen molar-refractivity contribution in [3.05, 3.63) is 58.7 Å². The molecule has 0 aromatic heterocycles. The van der Waals surface area contributed by atoms with Gasteiger partial charge in [0, 0.05) is 11.6 Å². The van der Waals surface area contributed by atoms with E-state index in [1.807, 2.05) is 6.07 Å². The Morgan fingerprint density at radius 1 is 1.04 bits per heavy atom. The van der Waals surface area contributed by atoms with Crippen molar-refractivity contribution in [1.82, 2.24) is 5.32 Å². The summed E-state index contributed by atoms with van der Waals surface area (Å²) < 4.78 is 16.1. The summed E-state index contributed by atoms with van der Waals surface area (Å²) in [5.74, 6) is 1.42. The maximum atomic E-state index is 12.5. The van der Waals surface area contributed by atoms with Crippen LogP contribution in [0, 0.1) is 13.8 Å². The Labute approximate surface area is 167 Å². The Hall–Kier alpha value is -2.95. The van der Waals surface area contributed by atoms with Crippen LogP contribution in [-0.2, 0) is 4.79 Å². The van der Waals surface area contributed by atoms with E-state index in [4.69, 9.17) is 14.2 Å². The van der Waals surface area contributed by atoms with E-state index < -0.39 is 0 Å². The molecule has 0 heterocycles. The van der Waals surface area contributed by atoms with E-state index in [0.29, 0.717) is 17.2 Å². The van der Waals surface area contributed by atoms with Gasteiger partial charge in [-0.25, -0.2) is 0 Å². The summed E-state index contributed by atoms with van der Waals surface area (Å²) in [6.45, 7) is 6.20. The van der Waals surface area contributed by atoms with Crippen molar-refractivity contribution in [3.8, 4) is 17.2 Å². The lowest BCUT2D eigenvalue weighted by molar-refractivity contribution is -0.117. The quantitative estimate of drug-likeness (QED) is 0.677. The second-order valence-corrected chi connectivity index (χ2v) is 6.59. The molecule has 1 atom stereocenters. The van der Waals surface area contributed by atoms with E-state index in [0.717, 1.165) is 17.5 Å². The number of methoxy groups -OCH3 is 3. The highest BCUT2D eigenvalue weighted by atomic mass is 16.5. The number of amides is 1. The van der Waals surface area contributed by atoms with Gasteiger partial charge in [0.1, 0.15) is 0 Å². The van der Waals surface area contributed by atoms with Crippen LogP contribution in [0.1, 0.15) is 41.6 Å². The lowest BCUT2D eigenvalue weighted by Crippen LogP contribution is -2.26. The van der Waals surface area contributed by atoms with Gasteiger partial charge in [0.05, 0.1) is 27.4 Å². The fraction of sp³-hybridized carbons (Fsp3) is 0.348. The molecule has 0 fully saturated rings. The number of hydrogen-bond acceptors (Lipinski definition) is 4. The first-order valence-corrected chi connectivity index (χ1v) is 9.29. The van der Waals surface area contributed by atoms with Crippen LogP contribution in [0.4, 0.5) is 0 Å². The van der Waals surface area contributed by atoms with Gasteiger partial charge in [-0.3, -0.25) is 4.79 Å². The topological polar surface area (TPSA) is 56.8 Å². The predicted octanol–water partition coefficient (Wildman–Crippen LogP) is 4.61. The predicted molar refractivity (Wildman–Crippen MR) is 112 cm³/mol. The normalized spacial score (nSPS) is 11.9. The first kappa shape index (κ1) is 21.4. The SMILES string of the molecule is CCC(NC(=O)/C=C/c1ccc(OC)c(OC)c1OC)c1ccc(C)cc1C. The number of rotatable bonds is 8. The largest absolute Gasteiger partial charge is 0.493 e. The molecule has 0 spiro atoms. The summed E-state index contributed by atoms with van der Waals surface area (Å²) in [6, 6.07) is 9.86. The number of carbonyl (C=O) groups excluding carboxylic acids is 1. The average Bonchev–Trinajstić information content (AvgIpc) is 2.69. The van der Waals surface area contributed by atoms with Crippen molar-refractivity contribution in [3.63, 3.8) is 0 Å². The highest BCUT2D eigenvalue weighted by Gasteiger charge is 2.16. The van der Waals surface area contributed by atoms with Crippen LogP contribution < -0.4 is 19.5 Å². The van der Waals surface area contributed by atoms with Crippen molar-refractivity contribution >= 4 is 12.0 Å².